The van der Waals surface area contributed by atoms with Crippen molar-refractivity contribution in [3.05, 3.63) is 23.5 Å². The quantitative estimate of drug-likeness (QED) is 0.869. The maximum absolute atomic E-state index is 12.2. The van der Waals surface area contributed by atoms with Gasteiger partial charge in [-0.3, -0.25) is 4.79 Å². The highest BCUT2D eigenvalue weighted by Gasteiger charge is 2.26. The molecule has 1 unspecified atom stereocenters. The Labute approximate surface area is 121 Å². The molecule has 2 N–H and O–H groups in total. The van der Waals surface area contributed by atoms with Crippen molar-refractivity contribution in [2.75, 3.05) is 0 Å². The van der Waals surface area contributed by atoms with Crippen molar-refractivity contribution < 1.29 is 19.2 Å². The van der Waals surface area contributed by atoms with Gasteiger partial charge in [0.1, 0.15) is 6.04 Å². The fraction of sp³-hybridized carbons (Fsp3) is 0.429. The van der Waals surface area contributed by atoms with Gasteiger partial charge < -0.3 is 14.9 Å². The van der Waals surface area contributed by atoms with E-state index in [-0.39, 0.29) is 11.5 Å². The van der Waals surface area contributed by atoms with Crippen LogP contribution in [-0.2, 0) is 4.79 Å². The topological polar surface area (TPSA) is 105 Å². The molecule has 0 aliphatic heterocycles. The predicted octanol–water partition coefficient (Wildman–Crippen LogP) is 1.76. The van der Waals surface area contributed by atoms with Crippen LogP contribution >= 0.6 is 0 Å². The summed E-state index contributed by atoms with van der Waals surface area (Å²) in [5.41, 5.74) is 1.26. The minimum Gasteiger partial charge on any atom is -0.480 e. The number of carboxylic acids is 1. The number of fused-ring (bicyclic) bond motifs is 1. The van der Waals surface area contributed by atoms with Gasteiger partial charge in [-0.1, -0.05) is 25.4 Å². The highest BCUT2D eigenvalue weighted by molar-refractivity contribution is 5.98. The van der Waals surface area contributed by atoms with Gasteiger partial charge in [0.25, 0.3) is 11.6 Å². The van der Waals surface area contributed by atoms with Crippen LogP contribution in [-0.4, -0.2) is 33.2 Å². The van der Waals surface area contributed by atoms with Crippen LogP contribution in [0.15, 0.2) is 16.8 Å². The Bertz CT molecular complexity index is 680. The molecule has 2 aromatic rings. The first kappa shape index (κ1) is 15.0. The molecule has 0 fully saturated rings. The van der Waals surface area contributed by atoms with E-state index in [4.69, 9.17) is 4.52 Å². The van der Waals surface area contributed by atoms with Crippen molar-refractivity contribution >= 4 is 23.0 Å². The third-order valence-corrected chi connectivity index (χ3v) is 3.54. The minimum atomic E-state index is -1.05. The Morgan fingerprint density at radius 1 is 1.48 bits per heavy atom. The van der Waals surface area contributed by atoms with E-state index >= 15 is 0 Å². The molecule has 2 rings (SSSR count). The van der Waals surface area contributed by atoms with Gasteiger partial charge in [-0.2, -0.15) is 0 Å². The molecule has 0 bridgehead atoms. The van der Waals surface area contributed by atoms with Crippen molar-refractivity contribution in [1.29, 1.82) is 0 Å². The standard InChI is InChI=1S/C14H17N3O4/c1-4-7(2)11(14(19)20)16-12(18)9-5-10-8(3)17-21-13(10)15-6-9/h5-7,11H,4H2,1-3H3,(H,16,18)(H,19,20)/t7?,11-/m0/s1. The number of hydrogen-bond donors (Lipinski definition) is 2. The molecule has 0 aliphatic carbocycles. The first-order valence-electron chi connectivity index (χ1n) is 6.69. The highest BCUT2D eigenvalue weighted by atomic mass is 16.5. The summed E-state index contributed by atoms with van der Waals surface area (Å²) in [4.78, 5) is 27.4. The molecule has 21 heavy (non-hydrogen) atoms. The number of aliphatic carboxylic acids is 1. The SMILES string of the molecule is CCC(C)[C@H](NC(=O)c1cnc2onc(C)c2c1)C(=O)O. The van der Waals surface area contributed by atoms with Crippen LogP contribution in [0.2, 0.25) is 0 Å². The minimum absolute atomic E-state index is 0.166. The average molecular weight is 291 g/mol. The second kappa shape index (κ2) is 5.90. The van der Waals surface area contributed by atoms with Gasteiger partial charge in [-0.15, -0.1) is 0 Å². The van der Waals surface area contributed by atoms with E-state index in [1.165, 1.54) is 6.20 Å². The van der Waals surface area contributed by atoms with Crippen molar-refractivity contribution in [2.45, 2.75) is 33.2 Å². The number of amides is 1. The molecule has 112 valence electrons. The highest BCUT2D eigenvalue weighted by Crippen LogP contribution is 2.17. The zero-order valence-electron chi connectivity index (χ0n) is 12.1. The molecule has 2 heterocycles. The van der Waals surface area contributed by atoms with Gasteiger partial charge >= 0.3 is 5.97 Å². The smallest absolute Gasteiger partial charge is 0.326 e. The molecule has 0 saturated heterocycles. The first-order valence-corrected chi connectivity index (χ1v) is 6.69. The zero-order chi connectivity index (χ0) is 15.6. The van der Waals surface area contributed by atoms with Crippen molar-refractivity contribution in [2.24, 2.45) is 5.92 Å². The number of hydrogen-bond acceptors (Lipinski definition) is 5. The molecule has 1 amide bonds. The summed E-state index contributed by atoms with van der Waals surface area (Å²) in [6.07, 6.45) is 2.00. The Morgan fingerprint density at radius 3 is 2.81 bits per heavy atom. The first-order chi connectivity index (χ1) is 9.93. The van der Waals surface area contributed by atoms with E-state index in [9.17, 15) is 14.7 Å². The molecule has 7 nitrogen and oxygen atoms in total. The van der Waals surface area contributed by atoms with Crippen molar-refractivity contribution in [3.63, 3.8) is 0 Å². The van der Waals surface area contributed by atoms with E-state index in [0.717, 1.165) is 0 Å². The number of carboxylic acid groups (broad SMARTS) is 1. The summed E-state index contributed by atoms with van der Waals surface area (Å²) in [5, 5.41) is 16.1. The van der Waals surface area contributed by atoms with Gasteiger partial charge in [0.2, 0.25) is 0 Å². The number of rotatable bonds is 5. The third-order valence-electron chi connectivity index (χ3n) is 3.54. The Hall–Kier alpha value is -2.44. The van der Waals surface area contributed by atoms with Crippen LogP contribution in [0.3, 0.4) is 0 Å². The monoisotopic (exact) mass is 291 g/mol. The number of pyridine rings is 1. The van der Waals surface area contributed by atoms with Crippen LogP contribution in [0.4, 0.5) is 0 Å². The van der Waals surface area contributed by atoms with Gasteiger partial charge in [-0.25, -0.2) is 9.78 Å². The number of aryl methyl sites for hydroxylation is 1. The number of nitrogens with zero attached hydrogens (tertiary/aromatic N) is 2. The molecular formula is C14H17N3O4. The second-order valence-electron chi connectivity index (χ2n) is 5.02. The summed E-state index contributed by atoms with van der Waals surface area (Å²) in [5.74, 6) is -1.69. The van der Waals surface area contributed by atoms with E-state index in [1.54, 1.807) is 19.9 Å². The van der Waals surface area contributed by atoms with E-state index in [1.807, 2.05) is 6.92 Å². The molecule has 0 aliphatic rings. The summed E-state index contributed by atoms with van der Waals surface area (Å²) >= 11 is 0. The Balaban J connectivity index is 2.24. The summed E-state index contributed by atoms with van der Waals surface area (Å²) in [6, 6.07) is 0.667. The molecule has 7 heteroatoms. The maximum Gasteiger partial charge on any atom is 0.326 e. The lowest BCUT2D eigenvalue weighted by molar-refractivity contribution is -0.140. The second-order valence-corrected chi connectivity index (χ2v) is 5.02. The molecule has 2 atom stereocenters. The zero-order valence-corrected chi connectivity index (χ0v) is 12.1. The van der Waals surface area contributed by atoms with Crippen molar-refractivity contribution in [1.82, 2.24) is 15.5 Å². The lowest BCUT2D eigenvalue weighted by atomic mass is 9.99. The lowest BCUT2D eigenvalue weighted by Crippen LogP contribution is -2.45. The van der Waals surface area contributed by atoms with Gasteiger partial charge in [0.15, 0.2) is 0 Å². The van der Waals surface area contributed by atoms with E-state index in [0.29, 0.717) is 23.2 Å². The fourth-order valence-electron chi connectivity index (χ4n) is 1.98. The fourth-order valence-corrected chi connectivity index (χ4v) is 1.98. The van der Waals surface area contributed by atoms with Crippen LogP contribution in [0.25, 0.3) is 11.1 Å². The van der Waals surface area contributed by atoms with Crippen LogP contribution in [0, 0.1) is 12.8 Å². The van der Waals surface area contributed by atoms with Crippen molar-refractivity contribution in [3.8, 4) is 0 Å². The predicted molar refractivity (Wildman–Crippen MR) is 74.9 cm³/mol. The number of carbonyl (C=O) groups is 2. The summed E-state index contributed by atoms with van der Waals surface area (Å²) in [7, 11) is 0. The largest absolute Gasteiger partial charge is 0.480 e. The maximum atomic E-state index is 12.2. The Kier molecular flexibility index (Phi) is 4.21. The molecular weight excluding hydrogens is 274 g/mol. The summed E-state index contributed by atoms with van der Waals surface area (Å²) in [6.45, 7) is 5.40. The van der Waals surface area contributed by atoms with E-state index in [2.05, 4.69) is 15.5 Å². The van der Waals surface area contributed by atoms with Crippen LogP contribution < -0.4 is 5.32 Å². The van der Waals surface area contributed by atoms with Gasteiger partial charge in [0.05, 0.1) is 16.6 Å². The van der Waals surface area contributed by atoms with Gasteiger partial charge in [-0.05, 0) is 18.9 Å². The normalized spacial score (nSPS) is 13.9. The molecule has 0 radical (unpaired) electrons. The van der Waals surface area contributed by atoms with Gasteiger partial charge in [0, 0.05) is 6.20 Å². The molecule has 2 aromatic heterocycles. The number of carbonyl (C=O) groups excluding carboxylic acids is 1. The summed E-state index contributed by atoms with van der Waals surface area (Å²) < 4.78 is 4.97. The molecule has 0 aromatic carbocycles. The average Bonchev–Trinajstić information content (AvgIpc) is 2.84. The van der Waals surface area contributed by atoms with Crippen LogP contribution in [0.1, 0.15) is 36.3 Å². The van der Waals surface area contributed by atoms with E-state index < -0.39 is 17.9 Å². The Morgan fingerprint density at radius 2 is 2.19 bits per heavy atom. The number of nitrogens with one attached hydrogen (secondary N) is 1. The molecule has 0 spiro atoms. The lowest BCUT2D eigenvalue weighted by Gasteiger charge is -2.20. The number of aromatic nitrogens is 2. The van der Waals surface area contributed by atoms with Crippen LogP contribution in [0.5, 0.6) is 0 Å². The third kappa shape index (κ3) is 3.01. The molecule has 0 saturated carbocycles.